The molecule has 6 heteroatoms. The van der Waals surface area contributed by atoms with Crippen molar-refractivity contribution in [1.29, 1.82) is 0 Å². The number of hydrogen-bond donors (Lipinski definition) is 2. The van der Waals surface area contributed by atoms with E-state index >= 15 is 0 Å². The van der Waals surface area contributed by atoms with Crippen molar-refractivity contribution < 1.29 is 9.59 Å². The van der Waals surface area contributed by atoms with E-state index < -0.39 is 11.8 Å². The van der Waals surface area contributed by atoms with Crippen LogP contribution in [0.1, 0.15) is 16.7 Å². The molecular weight excluding hydrogens is 358 g/mol. The maximum absolute atomic E-state index is 11.8. The second-order valence-electron chi connectivity index (χ2n) is 4.97. The minimum atomic E-state index is -0.827. The van der Waals surface area contributed by atoms with Crippen molar-refractivity contribution in [2.45, 2.75) is 13.8 Å². The maximum atomic E-state index is 11.8. The molecule has 0 unspecified atom stereocenters. The van der Waals surface area contributed by atoms with Crippen molar-refractivity contribution in [3.05, 3.63) is 63.6 Å². The Labute approximate surface area is 142 Å². The monoisotopic (exact) mass is 373 g/mol. The van der Waals surface area contributed by atoms with Gasteiger partial charge in [0.05, 0.1) is 6.21 Å². The fourth-order valence-corrected chi connectivity index (χ4v) is 2.19. The quantitative estimate of drug-likeness (QED) is 0.492. The first-order valence-corrected chi connectivity index (χ1v) is 7.73. The molecule has 23 heavy (non-hydrogen) atoms. The van der Waals surface area contributed by atoms with Crippen LogP contribution in [0.5, 0.6) is 0 Å². The first-order chi connectivity index (χ1) is 11.0. The highest BCUT2D eigenvalue weighted by Crippen LogP contribution is 2.14. The summed E-state index contributed by atoms with van der Waals surface area (Å²) in [6.45, 7) is 3.91. The van der Waals surface area contributed by atoms with E-state index in [9.17, 15) is 9.59 Å². The number of anilines is 1. The van der Waals surface area contributed by atoms with Gasteiger partial charge in [-0.2, -0.15) is 5.10 Å². The third-order valence-corrected chi connectivity index (χ3v) is 3.97. The van der Waals surface area contributed by atoms with Gasteiger partial charge >= 0.3 is 11.8 Å². The molecule has 0 bridgehead atoms. The minimum absolute atomic E-state index is 0.572. The van der Waals surface area contributed by atoms with E-state index in [-0.39, 0.29) is 0 Å². The number of benzene rings is 2. The fraction of sp³-hybridized carbons (Fsp3) is 0.118. The molecule has 5 nitrogen and oxygen atoms in total. The van der Waals surface area contributed by atoms with E-state index in [1.165, 1.54) is 6.21 Å². The number of halogens is 1. The zero-order chi connectivity index (χ0) is 16.8. The predicted molar refractivity (Wildman–Crippen MR) is 94.4 cm³/mol. The zero-order valence-electron chi connectivity index (χ0n) is 12.8. The van der Waals surface area contributed by atoms with E-state index in [0.29, 0.717) is 5.69 Å². The zero-order valence-corrected chi connectivity index (χ0v) is 14.3. The van der Waals surface area contributed by atoms with Crippen LogP contribution >= 0.6 is 15.9 Å². The predicted octanol–water partition coefficient (Wildman–Crippen LogP) is 3.15. The van der Waals surface area contributed by atoms with Crippen molar-refractivity contribution >= 4 is 39.6 Å². The number of nitrogens with one attached hydrogen (secondary N) is 2. The Morgan fingerprint density at radius 2 is 1.78 bits per heavy atom. The molecule has 0 aromatic heterocycles. The normalized spacial score (nSPS) is 10.6. The molecule has 2 aromatic rings. The Hall–Kier alpha value is -2.47. The number of hydrogen-bond acceptors (Lipinski definition) is 3. The molecule has 0 aliphatic heterocycles. The summed E-state index contributed by atoms with van der Waals surface area (Å²) in [6.07, 6.45) is 1.46. The molecule has 2 amide bonds. The van der Waals surface area contributed by atoms with Crippen molar-refractivity contribution in [2.24, 2.45) is 5.10 Å². The molecule has 0 aliphatic rings. The molecule has 0 radical (unpaired) electrons. The number of carbonyl (C=O) groups is 2. The first kappa shape index (κ1) is 16.9. The van der Waals surface area contributed by atoms with Crippen LogP contribution in [-0.2, 0) is 9.59 Å². The second-order valence-corrected chi connectivity index (χ2v) is 5.83. The maximum Gasteiger partial charge on any atom is 0.329 e. The lowest BCUT2D eigenvalue weighted by atomic mass is 10.1. The summed E-state index contributed by atoms with van der Waals surface area (Å²) in [5.74, 6) is -1.59. The third kappa shape index (κ3) is 4.75. The van der Waals surface area contributed by atoms with Gasteiger partial charge in [0.15, 0.2) is 0 Å². The van der Waals surface area contributed by atoms with Gasteiger partial charge in [0.2, 0.25) is 0 Å². The third-order valence-electron chi connectivity index (χ3n) is 3.25. The molecule has 118 valence electrons. The van der Waals surface area contributed by atoms with Gasteiger partial charge in [-0.1, -0.05) is 40.2 Å². The summed E-state index contributed by atoms with van der Waals surface area (Å²) >= 11 is 3.37. The molecule has 0 atom stereocenters. The summed E-state index contributed by atoms with van der Waals surface area (Å²) in [6, 6.07) is 12.8. The largest absolute Gasteiger partial charge is 0.329 e. The lowest BCUT2D eigenvalue weighted by Crippen LogP contribution is -2.32. The van der Waals surface area contributed by atoms with E-state index in [4.69, 9.17) is 0 Å². The highest BCUT2D eigenvalue weighted by molar-refractivity contribution is 9.10. The summed E-state index contributed by atoms with van der Waals surface area (Å²) in [4.78, 5) is 23.5. The van der Waals surface area contributed by atoms with Gasteiger partial charge < -0.3 is 5.32 Å². The van der Waals surface area contributed by atoms with Crippen LogP contribution in [0.15, 0.2) is 52.0 Å². The Kier molecular flexibility index (Phi) is 5.65. The Bertz CT molecular complexity index is 772. The Balaban J connectivity index is 1.94. The average Bonchev–Trinajstić information content (AvgIpc) is 2.52. The SMILES string of the molecule is Cc1ccc(NC(=O)C(=O)N/N=C\c2ccccc2Br)cc1C. The Morgan fingerprint density at radius 1 is 1.04 bits per heavy atom. The van der Waals surface area contributed by atoms with Crippen molar-refractivity contribution in [3.8, 4) is 0 Å². The van der Waals surface area contributed by atoms with Crippen LogP contribution in [0.25, 0.3) is 0 Å². The van der Waals surface area contributed by atoms with Crippen LogP contribution in [0.2, 0.25) is 0 Å². The summed E-state index contributed by atoms with van der Waals surface area (Å²) in [5.41, 5.74) is 5.72. The minimum Gasteiger partial charge on any atom is -0.318 e. The van der Waals surface area contributed by atoms with Gasteiger partial charge in [0.25, 0.3) is 0 Å². The van der Waals surface area contributed by atoms with E-state index in [1.54, 1.807) is 6.07 Å². The van der Waals surface area contributed by atoms with Crippen LogP contribution in [0.3, 0.4) is 0 Å². The van der Waals surface area contributed by atoms with Crippen LogP contribution in [0, 0.1) is 13.8 Å². The molecule has 2 aromatic carbocycles. The van der Waals surface area contributed by atoms with Crippen LogP contribution in [-0.4, -0.2) is 18.0 Å². The molecule has 0 aliphatic carbocycles. The number of amides is 2. The highest BCUT2D eigenvalue weighted by Gasteiger charge is 2.13. The van der Waals surface area contributed by atoms with Crippen LogP contribution < -0.4 is 10.7 Å². The highest BCUT2D eigenvalue weighted by atomic mass is 79.9. The summed E-state index contributed by atoms with van der Waals surface area (Å²) in [7, 11) is 0. The van der Waals surface area contributed by atoms with E-state index in [0.717, 1.165) is 21.2 Å². The summed E-state index contributed by atoms with van der Waals surface area (Å²) in [5, 5.41) is 6.32. The van der Waals surface area contributed by atoms with Gasteiger partial charge in [0, 0.05) is 15.7 Å². The molecule has 0 saturated carbocycles. The topological polar surface area (TPSA) is 70.6 Å². The van der Waals surface area contributed by atoms with Crippen molar-refractivity contribution in [2.75, 3.05) is 5.32 Å². The van der Waals surface area contributed by atoms with Gasteiger partial charge in [-0.25, -0.2) is 5.43 Å². The van der Waals surface area contributed by atoms with Crippen molar-refractivity contribution in [1.82, 2.24) is 5.43 Å². The van der Waals surface area contributed by atoms with Gasteiger partial charge in [0.1, 0.15) is 0 Å². The number of rotatable bonds is 3. The summed E-state index contributed by atoms with van der Waals surface area (Å²) < 4.78 is 0.845. The van der Waals surface area contributed by atoms with Crippen molar-refractivity contribution in [3.63, 3.8) is 0 Å². The lowest BCUT2D eigenvalue weighted by molar-refractivity contribution is -0.136. The first-order valence-electron chi connectivity index (χ1n) is 6.93. The molecule has 0 spiro atoms. The van der Waals surface area contributed by atoms with Gasteiger partial charge in [-0.3, -0.25) is 9.59 Å². The second kappa shape index (κ2) is 7.69. The molecule has 0 heterocycles. The van der Waals surface area contributed by atoms with E-state index in [2.05, 4.69) is 31.8 Å². The molecule has 2 rings (SSSR count). The molecule has 0 fully saturated rings. The average molecular weight is 374 g/mol. The van der Waals surface area contributed by atoms with Gasteiger partial charge in [-0.05, 0) is 43.2 Å². The molecular formula is C17H16BrN3O2. The standard InChI is InChI=1S/C17H16BrN3O2/c1-11-7-8-14(9-12(11)2)20-16(22)17(23)21-19-10-13-5-3-4-6-15(13)18/h3-10H,1-2H3,(H,20,22)(H,21,23)/b19-10-. The lowest BCUT2D eigenvalue weighted by Gasteiger charge is -2.06. The smallest absolute Gasteiger partial charge is 0.318 e. The van der Waals surface area contributed by atoms with Gasteiger partial charge in [-0.15, -0.1) is 0 Å². The Morgan fingerprint density at radius 3 is 2.48 bits per heavy atom. The number of aryl methyl sites for hydroxylation is 2. The van der Waals surface area contributed by atoms with E-state index in [1.807, 2.05) is 50.2 Å². The molecule has 0 saturated heterocycles. The number of hydrazone groups is 1. The fourth-order valence-electron chi connectivity index (χ4n) is 1.80. The molecule has 2 N–H and O–H groups in total. The number of nitrogens with zero attached hydrogens (tertiary/aromatic N) is 1. The number of carbonyl (C=O) groups excluding carboxylic acids is 2. The van der Waals surface area contributed by atoms with Crippen LogP contribution in [0.4, 0.5) is 5.69 Å².